The number of ether oxygens (including phenoxy) is 2. The Morgan fingerprint density at radius 1 is 0.634 bits per heavy atom. The number of aryl methyl sites for hydroxylation is 1. The van der Waals surface area contributed by atoms with Crippen LogP contribution in [-0.4, -0.2) is 96.4 Å². The number of carboxylic acids is 2. The number of nitriles is 1. The number of carboxylic acid groups (broad SMARTS) is 2. The van der Waals surface area contributed by atoms with E-state index in [0.29, 0.717) is 31.3 Å². The summed E-state index contributed by atoms with van der Waals surface area (Å²) in [6, 6.07) is 49.4. The van der Waals surface area contributed by atoms with E-state index in [9.17, 15) is 22.4 Å². The Hall–Kier alpha value is -5.09. The Morgan fingerprint density at radius 2 is 0.988 bits per heavy atom. The van der Waals surface area contributed by atoms with Crippen molar-refractivity contribution in [2.45, 2.75) is 112 Å². The summed E-state index contributed by atoms with van der Waals surface area (Å²) in [5.74, 6) is -0.248. The van der Waals surface area contributed by atoms with Crippen LogP contribution in [0.15, 0.2) is 150 Å². The van der Waals surface area contributed by atoms with E-state index in [4.69, 9.17) is 47.4 Å². The Balaban J connectivity index is 0.000000490. The van der Waals surface area contributed by atoms with Gasteiger partial charge in [0.05, 0.1) is 45.0 Å². The zero-order valence-electron chi connectivity index (χ0n) is 47.8. The molecule has 18 heteroatoms. The number of hydrogen-bond donors (Lipinski definition) is 3. The molecular formula is C64H75BClFKN2O11S. The van der Waals surface area contributed by atoms with E-state index in [1.807, 2.05) is 85.8 Å². The molecule has 2 aliphatic heterocycles. The second-order valence-corrected chi connectivity index (χ2v) is 21.1. The number of aliphatic carboxylic acids is 2. The first-order valence-corrected chi connectivity index (χ1v) is 27.8. The van der Waals surface area contributed by atoms with Crippen LogP contribution in [0.1, 0.15) is 131 Å². The molecule has 431 valence electrons. The number of aliphatic hydroxyl groups is 1. The van der Waals surface area contributed by atoms with Gasteiger partial charge in [0.25, 0.3) is 10.1 Å². The molecule has 0 saturated carbocycles. The maximum Gasteiger partial charge on any atom is 1.00 e. The average Bonchev–Trinajstić information content (AvgIpc) is 4.33. The number of alkyl halides is 1. The predicted octanol–water partition coefficient (Wildman–Crippen LogP) is 8.31. The molecule has 5 atom stereocenters. The Bertz CT molecular complexity index is 3010. The van der Waals surface area contributed by atoms with Crippen LogP contribution >= 0.6 is 12.4 Å². The van der Waals surface area contributed by atoms with Crippen molar-refractivity contribution in [3.8, 4) is 6.07 Å². The van der Waals surface area contributed by atoms with E-state index in [2.05, 4.69) is 48.5 Å². The third-order valence-corrected chi connectivity index (χ3v) is 15.7. The first kappa shape index (κ1) is 73.0. The predicted molar refractivity (Wildman–Crippen MR) is 315 cm³/mol. The summed E-state index contributed by atoms with van der Waals surface area (Å²) in [5.41, 5.74) is 13.8. The summed E-state index contributed by atoms with van der Waals surface area (Å²) in [6.45, 7) is 11.2. The van der Waals surface area contributed by atoms with Crippen molar-refractivity contribution in [1.29, 1.82) is 10.5 Å². The maximum atomic E-state index is 12.1. The van der Waals surface area contributed by atoms with E-state index in [0.717, 1.165) is 63.2 Å². The van der Waals surface area contributed by atoms with Crippen molar-refractivity contribution in [3.05, 3.63) is 213 Å². The van der Waals surface area contributed by atoms with Crippen molar-refractivity contribution >= 4 is 42.9 Å². The fourth-order valence-corrected chi connectivity index (χ4v) is 10.8. The normalized spacial score (nSPS) is 18.2. The number of aliphatic hydroxyl groups excluding tert-OH is 1. The van der Waals surface area contributed by atoms with Crippen LogP contribution in [0.3, 0.4) is 0 Å². The summed E-state index contributed by atoms with van der Waals surface area (Å²) in [6.07, 6.45) is 10.7. The van der Waals surface area contributed by atoms with Gasteiger partial charge in [-0.2, -0.15) is 13.7 Å². The average molecular weight is 1190 g/mol. The minimum absolute atomic E-state index is 0. The largest absolute Gasteiger partial charge is 1.00 e. The third kappa shape index (κ3) is 22.5. The van der Waals surface area contributed by atoms with Crippen LogP contribution in [0.2, 0.25) is 0 Å². The fraction of sp³-hybridized carbons (Fsp3) is 0.375. The quantitative estimate of drug-likeness (QED) is 0.0704. The van der Waals surface area contributed by atoms with Gasteiger partial charge < -0.3 is 42.1 Å². The number of carbonyl (C=O) groups is 2. The molecule has 5 aliphatic carbocycles. The monoisotopic (exact) mass is 1180 g/mol. The zero-order valence-corrected chi connectivity index (χ0v) is 51.6. The van der Waals surface area contributed by atoms with Gasteiger partial charge in [0.1, 0.15) is 0 Å². The minimum atomic E-state index is -3.65. The molecule has 82 heavy (non-hydrogen) atoms. The first-order chi connectivity index (χ1) is 38.4. The second-order valence-electron chi connectivity index (χ2n) is 19.5. The van der Waals surface area contributed by atoms with Crippen LogP contribution in [0.4, 0.5) is 4.39 Å². The topological polar surface area (TPSA) is 236 Å². The summed E-state index contributed by atoms with van der Waals surface area (Å²) in [5, 5.41) is 40.8. The number of rotatable bonds is 9. The van der Waals surface area contributed by atoms with Gasteiger partial charge in [-0.05, 0) is 138 Å². The molecule has 5 unspecified atom stereocenters. The second kappa shape index (κ2) is 40.2. The number of fused-ring (bicyclic) bond motifs is 5. The van der Waals surface area contributed by atoms with Crippen molar-refractivity contribution in [1.82, 2.24) is 0 Å². The van der Waals surface area contributed by atoms with Gasteiger partial charge in [0.15, 0.2) is 0 Å². The molecule has 0 aromatic heterocycles. The SMILES string of the molecule is C1CCOC1.C1CCOC1.Cc1ccc(S(=O)(=O)OCC2Cc3ccccc32)cc1.Cl.N#CCC1Cc2ccccc21.O.O=C(O)C1Cc2ccccc21.O=C(O)CC1Cc2ccccc21.OCC1Cc2ccccc21.[2H]CF.[B].[C-]#N.[K+]. The Kier molecular flexibility index (Phi) is 35.8. The molecule has 6 aromatic rings. The molecule has 0 bridgehead atoms. The molecule has 13 rings (SSSR count). The molecular weight excluding hydrogens is 1110 g/mol. The van der Waals surface area contributed by atoms with Crippen molar-refractivity contribution in [2.75, 3.05) is 46.8 Å². The molecule has 2 heterocycles. The van der Waals surface area contributed by atoms with Crippen molar-refractivity contribution in [2.24, 2.45) is 0 Å². The van der Waals surface area contributed by atoms with E-state index in [-0.39, 0.29) is 113 Å². The van der Waals surface area contributed by atoms with Gasteiger partial charge in [-0.15, -0.1) is 12.4 Å². The smallest absolute Gasteiger partial charge is 0.512 e. The van der Waals surface area contributed by atoms with Crippen LogP contribution < -0.4 is 51.4 Å². The van der Waals surface area contributed by atoms with E-state index in [1.165, 1.54) is 75.8 Å². The number of halogens is 2. The number of nitrogens with zero attached hydrogens (tertiary/aromatic N) is 2. The molecule has 5 N–H and O–H groups in total. The summed E-state index contributed by atoms with van der Waals surface area (Å²) in [7, 11) is -4.65. The minimum Gasteiger partial charge on any atom is -0.512 e. The van der Waals surface area contributed by atoms with Gasteiger partial charge in [-0.1, -0.05) is 139 Å². The third-order valence-electron chi connectivity index (χ3n) is 14.4. The van der Waals surface area contributed by atoms with Gasteiger partial charge in [0, 0.05) is 59.0 Å². The van der Waals surface area contributed by atoms with E-state index < -0.39 is 29.2 Å². The van der Waals surface area contributed by atoms with Gasteiger partial charge in [-0.3, -0.25) is 18.2 Å². The molecule has 6 aromatic carbocycles. The van der Waals surface area contributed by atoms with E-state index >= 15 is 0 Å². The summed E-state index contributed by atoms with van der Waals surface area (Å²) < 4.78 is 54.7. The molecule has 0 amide bonds. The zero-order chi connectivity index (χ0) is 57.0. The Morgan fingerprint density at radius 3 is 1.35 bits per heavy atom. The Labute approximate surface area is 536 Å². The molecule has 7 aliphatic rings. The fourth-order valence-electron chi connectivity index (χ4n) is 9.89. The van der Waals surface area contributed by atoms with Crippen LogP contribution in [0, 0.1) is 30.1 Å². The first-order valence-electron chi connectivity index (χ1n) is 27.1. The summed E-state index contributed by atoms with van der Waals surface area (Å²) >= 11 is 0. The van der Waals surface area contributed by atoms with E-state index in [1.54, 1.807) is 24.3 Å². The molecule has 3 radical (unpaired) electrons. The van der Waals surface area contributed by atoms with Crippen LogP contribution in [-0.2, 0) is 65.5 Å². The van der Waals surface area contributed by atoms with Gasteiger partial charge in [-0.25, -0.2) is 0 Å². The molecule has 2 fully saturated rings. The van der Waals surface area contributed by atoms with Crippen molar-refractivity contribution in [3.63, 3.8) is 0 Å². The molecule has 0 spiro atoms. The molecule has 2 saturated heterocycles. The number of benzene rings is 6. The van der Waals surface area contributed by atoms with Gasteiger partial charge in [0.2, 0.25) is 0 Å². The standard InChI is InChI=1S/C16H16O3S.C10H9N.C10H10O2.C9H8O2.C9H10O.2C4H8O.CH3F.CN.B.ClH.K.H2O/c1-12-6-8-15(9-7-12)20(17,18)19-11-14-10-13-4-2-3-5-16(13)14;11-6-5-9-7-8-3-1-2-4-10(8)9;11-10(12)6-8-5-7-3-1-2-4-9(7)8;10-9(11)8-5-6-3-1-2-4-7(6)8;10-6-8-5-7-3-1-2-4-9(7)8;2*1-2-4-5-3-1;2*1-2;;;;/h2-9,14H,10-11H2,1H3;1-4,9H,5,7H2;1-4,8H,5-6H2,(H,11,12);1-4,8H,5H2,(H,10,11);1-4,8,10H,5-6H2;2*1-4H2;1H3;;;1H;;1H2/q;;;;;;;;-1;;;+1;/i;;;;;;;1D;;;;;. The molecule has 13 nitrogen and oxygen atoms in total. The maximum absolute atomic E-state index is 12.1. The van der Waals surface area contributed by atoms with Crippen LogP contribution in [0.25, 0.3) is 0 Å². The van der Waals surface area contributed by atoms with Gasteiger partial charge >= 0.3 is 63.3 Å². The summed E-state index contributed by atoms with van der Waals surface area (Å²) in [4.78, 5) is 21.2. The van der Waals surface area contributed by atoms with Crippen molar-refractivity contribution < 1.29 is 110 Å². The number of hydrogen-bond acceptors (Lipinski definition) is 10. The van der Waals surface area contributed by atoms with Crippen LogP contribution in [0.5, 0.6) is 0 Å².